The predicted octanol–water partition coefficient (Wildman–Crippen LogP) is 5.17. The fourth-order valence-electron chi connectivity index (χ4n) is 4.66. The number of ether oxygens (including phenoxy) is 4. The molecule has 1 fully saturated rings. The maximum absolute atomic E-state index is 12.7. The van der Waals surface area contributed by atoms with Gasteiger partial charge in [0.2, 0.25) is 0 Å². The van der Waals surface area contributed by atoms with Crippen molar-refractivity contribution >= 4 is 11.9 Å². The maximum Gasteiger partial charge on any atom is 0.333 e. The minimum absolute atomic E-state index is 0.239. The maximum atomic E-state index is 12.7. The van der Waals surface area contributed by atoms with Gasteiger partial charge < -0.3 is 24.1 Å². The molecule has 1 aliphatic heterocycles. The number of hydrogen-bond acceptors (Lipinski definition) is 7. The number of carbonyl (C=O) groups is 2. The van der Waals surface area contributed by atoms with Gasteiger partial charge in [0, 0.05) is 12.5 Å². The quantitative estimate of drug-likeness (QED) is 0.270. The van der Waals surface area contributed by atoms with Gasteiger partial charge >= 0.3 is 11.9 Å². The molecular weight excluding hydrogens is 448 g/mol. The molecule has 7 nitrogen and oxygen atoms in total. The van der Waals surface area contributed by atoms with E-state index in [9.17, 15) is 14.7 Å². The molecule has 0 saturated carbocycles. The van der Waals surface area contributed by atoms with Crippen molar-refractivity contribution < 1.29 is 33.6 Å². The summed E-state index contributed by atoms with van der Waals surface area (Å²) >= 11 is 0. The zero-order valence-electron chi connectivity index (χ0n) is 22.6. The third kappa shape index (κ3) is 8.02. The van der Waals surface area contributed by atoms with Crippen molar-refractivity contribution in [3.05, 3.63) is 34.9 Å². The Bertz CT molecular complexity index is 838. The third-order valence-corrected chi connectivity index (χ3v) is 7.14. The molecule has 1 heterocycles. The van der Waals surface area contributed by atoms with Gasteiger partial charge in [-0.2, -0.15) is 0 Å². The third-order valence-electron chi connectivity index (χ3n) is 7.14. The molecule has 0 aromatic rings. The molecule has 2 aliphatic rings. The summed E-state index contributed by atoms with van der Waals surface area (Å²) in [5, 5.41) is 10.8. The van der Waals surface area contributed by atoms with E-state index in [1.54, 1.807) is 26.8 Å². The molecule has 7 heteroatoms. The van der Waals surface area contributed by atoms with E-state index in [2.05, 4.69) is 39.8 Å². The summed E-state index contributed by atoms with van der Waals surface area (Å²) in [5.41, 5.74) is 2.43. The van der Waals surface area contributed by atoms with E-state index in [4.69, 9.17) is 18.9 Å². The smallest absolute Gasteiger partial charge is 0.333 e. The second-order valence-electron chi connectivity index (χ2n) is 10.4. The highest BCUT2D eigenvalue weighted by molar-refractivity contribution is 5.87. The first-order valence-electron chi connectivity index (χ1n) is 12.7. The van der Waals surface area contributed by atoms with Crippen LogP contribution < -0.4 is 0 Å². The molecule has 0 unspecified atom stereocenters. The average Bonchev–Trinajstić information content (AvgIpc) is 2.78. The summed E-state index contributed by atoms with van der Waals surface area (Å²) in [6.45, 7) is 14.7. The molecule has 0 spiro atoms. The topological polar surface area (TPSA) is 91.3 Å². The van der Waals surface area contributed by atoms with Crippen LogP contribution in [0, 0.1) is 5.92 Å². The first-order valence-corrected chi connectivity index (χ1v) is 12.7. The first kappa shape index (κ1) is 29.3. The lowest BCUT2D eigenvalue weighted by Gasteiger charge is -2.47. The number of rotatable bonds is 9. The number of aliphatic hydroxyl groups is 1. The van der Waals surface area contributed by atoms with Gasteiger partial charge in [0.15, 0.2) is 18.5 Å². The van der Waals surface area contributed by atoms with E-state index in [0.29, 0.717) is 5.57 Å². The van der Waals surface area contributed by atoms with Gasteiger partial charge in [-0.1, -0.05) is 29.4 Å². The Balaban J connectivity index is 2.42. The van der Waals surface area contributed by atoms with Crippen molar-refractivity contribution in [2.24, 2.45) is 5.92 Å². The SMILES string of the molecule is C/C=C(/C)C(=O)O[C@H]1[C@H](O[C@](C)(CCC=C(C)C)[C@@H]2CC=C(C)CC2)O[C@H](C)[C@H](O)[C@@H]1OC(C)=O. The molecule has 1 aliphatic carbocycles. The van der Waals surface area contributed by atoms with Crippen molar-refractivity contribution in [1.82, 2.24) is 0 Å². The van der Waals surface area contributed by atoms with E-state index < -0.39 is 48.2 Å². The minimum Gasteiger partial charge on any atom is -0.455 e. The Morgan fingerprint density at radius 2 is 1.89 bits per heavy atom. The van der Waals surface area contributed by atoms with Crippen LogP contribution in [-0.4, -0.2) is 53.4 Å². The Kier molecular flexibility index (Phi) is 10.7. The normalized spacial score (nSPS) is 31.1. The summed E-state index contributed by atoms with van der Waals surface area (Å²) in [7, 11) is 0. The van der Waals surface area contributed by atoms with Crippen LogP contribution in [0.2, 0.25) is 0 Å². The van der Waals surface area contributed by atoms with Crippen LogP contribution in [0.4, 0.5) is 0 Å². The van der Waals surface area contributed by atoms with Gasteiger partial charge in [-0.05, 0) is 86.5 Å². The average molecular weight is 493 g/mol. The second-order valence-corrected chi connectivity index (χ2v) is 10.4. The van der Waals surface area contributed by atoms with Crippen LogP contribution in [0.3, 0.4) is 0 Å². The summed E-state index contributed by atoms with van der Waals surface area (Å²) in [4.78, 5) is 24.6. The van der Waals surface area contributed by atoms with Gasteiger partial charge in [-0.15, -0.1) is 0 Å². The van der Waals surface area contributed by atoms with Gasteiger partial charge in [-0.3, -0.25) is 4.79 Å². The van der Waals surface area contributed by atoms with Crippen LogP contribution in [0.5, 0.6) is 0 Å². The fraction of sp³-hybridized carbons (Fsp3) is 0.714. The Labute approximate surface area is 210 Å². The molecule has 0 radical (unpaired) electrons. The molecule has 0 amide bonds. The molecule has 0 bridgehead atoms. The van der Waals surface area contributed by atoms with Gasteiger partial charge in [0.05, 0.1) is 11.7 Å². The van der Waals surface area contributed by atoms with E-state index in [1.807, 2.05) is 0 Å². The molecule has 1 N–H and O–H groups in total. The van der Waals surface area contributed by atoms with Gasteiger partial charge in [0.1, 0.15) is 6.10 Å². The van der Waals surface area contributed by atoms with Crippen molar-refractivity contribution in [1.29, 1.82) is 0 Å². The summed E-state index contributed by atoms with van der Waals surface area (Å²) in [5.74, 6) is -0.913. The number of hydrogen-bond donors (Lipinski definition) is 1. The molecule has 35 heavy (non-hydrogen) atoms. The fourth-order valence-corrected chi connectivity index (χ4v) is 4.66. The summed E-state index contributed by atoms with van der Waals surface area (Å²) in [6, 6.07) is 0. The summed E-state index contributed by atoms with van der Waals surface area (Å²) in [6.07, 6.45) is 5.47. The Morgan fingerprint density at radius 3 is 2.43 bits per heavy atom. The highest BCUT2D eigenvalue weighted by atomic mass is 16.7. The molecule has 198 valence electrons. The Morgan fingerprint density at radius 1 is 1.20 bits per heavy atom. The molecule has 0 aromatic heterocycles. The van der Waals surface area contributed by atoms with Crippen LogP contribution in [-0.2, 0) is 28.5 Å². The number of allylic oxidation sites excluding steroid dienone is 5. The van der Waals surface area contributed by atoms with E-state index >= 15 is 0 Å². The lowest BCUT2D eigenvalue weighted by Crippen LogP contribution is -2.62. The number of carbonyl (C=O) groups excluding carboxylic acids is 2. The molecule has 1 saturated heterocycles. The lowest BCUT2D eigenvalue weighted by molar-refractivity contribution is -0.328. The first-order chi connectivity index (χ1) is 16.4. The minimum atomic E-state index is -1.17. The standard InChI is InChI=1S/C28H44O7/c1-9-19(5)26(31)34-25-24(33-21(7)29)23(30)20(6)32-27(25)35-28(8,16-10-11-17(2)3)22-14-12-18(4)13-15-22/h9,11-12,20,22-25,27,30H,10,13-16H2,1-8H3/b19-9-/t20-,22-,23+,24+,25-,27+,28-/m1/s1. The highest BCUT2D eigenvalue weighted by Gasteiger charge is 2.51. The molecule has 0 aromatic carbocycles. The van der Waals surface area contributed by atoms with E-state index in [0.717, 1.165) is 32.1 Å². The van der Waals surface area contributed by atoms with Crippen LogP contribution in [0.25, 0.3) is 0 Å². The zero-order valence-corrected chi connectivity index (χ0v) is 22.6. The highest BCUT2D eigenvalue weighted by Crippen LogP contribution is 2.40. The summed E-state index contributed by atoms with van der Waals surface area (Å²) < 4.78 is 24.0. The van der Waals surface area contributed by atoms with Crippen LogP contribution in [0.15, 0.2) is 34.9 Å². The number of aliphatic hydroxyl groups excluding tert-OH is 1. The van der Waals surface area contributed by atoms with Crippen molar-refractivity contribution in [3.63, 3.8) is 0 Å². The number of esters is 2. The lowest BCUT2D eigenvalue weighted by atomic mass is 9.76. The largest absolute Gasteiger partial charge is 0.455 e. The Hall–Kier alpha value is -1.96. The molecule has 2 rings (SSSR count). The predicted molar refractivity (Wildman–Crippen MR) is 134 cm³/mol. The van der Waals surface area contributed by atoms with Crippen molar-refractivity contribution in [3.8, 4) is 0 Å². The van der Waals surface area contributed by atoms with Crippen LogP contribution >= 0.6 is 0 Å². The van der Waals surface area contributed by atoms with Gasteiger partial charge in [-0.25, -0.2) is 4.79 Å². The van der Waals surface area contributed by atoms with Crippen molar-refractivity contribution in [2.75, 3.05) is 0 Å². The second kappa shape index (κ2) is 12.8. The van der Waals surface area contributed by atoms with Crippen LogP contribution in [0.1, 0.15) is 87.5 Å². The van der Waals surface area contributed by atoms with Crippen molar-refractivity contribution in [2.45, 2.75) is 124 Å². The van der Waals surface area contributed by atoms with E-state index in [-0.39, 0.29) is 5.92 Å². The zero-order chi connectivity index (χ0) is 26.3. The molecule has 7 atom stereocenters. The monoisotopic (exact) mass is 492 g/mol. The van der Waals surface area contributed by atoms with Gasteiger partial charge in [0.25, 0.3) is 0 Å². The van der Waals surface area contributed by atoms with E-state index in [1.165, 1.54) is 18.1 Å². The molecular formula is C28H44O7.